The lowest BCUT2D eigenvalue weighted by Gasteiger charge is -2.20. The van der Waals surface area contributed by atoms with E-state index in [-0.39, 0.29) is 24.8 Å². The number of benzene rings is 1. The molecular weight excluding hydrogens is 324 g/mol. The Hall–Kier alpha value is -2.81. The van der Waals surface area contributed by atoms with Crippen LogP contribution in [0.25, 0.3) is 11.0 Å². The third-order valence-corrected chi connectivity index (χ3v) is 3.65. The molecule has 25 heavy (non-hydrogen) atoms. The first-order chi connectivity index (χ1) is 12.0. The predicted octanol–water partition coefficient (Wildman–Crippen LogP) is 1.37. The highest BCUT2D eigenvalue weighted by atomic mass is 16.5. The van der Waals surface area contributed by atoms with Gasteiger partial charge >= 0.3 is 0 Å². The SMILES string of the molecule is CC(C)CCC(CN(O)C=O)C(=O)NNc1nnc2ccccc2n1. The first-order valence-corrected chi connectivity index (χ1v) is 8.05. The number of anilines is 1. The average molecular weight is 346 g/mol. The number of para-hydroxylation sites is 1. The highest BCUT2D eigenvalue weighted by molar-refractivity contribution is 5.80. The fourth-order valence-corrected chi connectivity index (χ4v) is 2.26. The van der Waals surface area contributed by atoms with E-state index in [0.717, 1.165) is 6.42 Å². The average Bonchev–Trinajstić information content (AvgIpc) is 2.62. The second-order valence-electron chi connectivity index (χ2n) is 6.13. The van der Waals surface area contributed by atoms with Gasteiger partial charge in [0.05, 0.1) is 18.0 Å². The maximum atomic E-state index is 12.3. The van der Waals surface area contributed by atoms with Crippen LogP contribution in [0, 0.1) is 11.8 Å². The van der Waals surface area contributed by atoms with Crippen LogP contribution in [-0.2, 0) is 9.59 Å². The van der Waals surface area contributed by atoms with Crippen LogP contribution in [0.2, 0.25) is 0 Å². The van der Waals surface area contributed by atoms with Crippen LogP contribution in [0.1, 0.15) is 26.7 Å². The summed E-state index contributed by atoms with van der Waals surface area (Å²) >= 11 is 0. The summed E-state index contributed by atoms with van der Waals surface area (Å²) in [4.78, 5) is 27.2. The number of carbonyl (C=O) groups is 2. The highest BCUT2D eigenvalue weighted by Gasteiger charge is 2.21. The van der Waals surface area contributed by atoms with Crippen molar-refractivity contribution in [3.8, 4) is 0 Å². The van der Waals surface area contributed by atoms with Gasteiger partial charge in [0.15, 0.2) is 0 Å². The van der Waals surface area contributed by atoms with Gasteiger partial charge in [-0.15, -0.1) is 10.2 Å². The van der Waals surface area contributed by atoms with Gasteiger partial charge in [-0.2, -0.15) is 0 Å². The van der Waals surface area contributed by atoms with Crippen LogP contribution < -0.4 is 10.9 Å². The van der Waals surface area contributed by atoms with E-state index >= 15 is 0 Å². The molecule has 1 aromatic heterocycles. The summed E-state index contributed by atoms with van der Waals surface area (Å²) in [6, 6.07) is 7.24. The van der Waals surface area contributed by atoms with Crippen LogP contribution in [0.15, 0.2) is 24.3 Å². The number of fused-ring (bicyclic) bond motifs is 1. The number of hydrazine groups is 1. The number of hydrogen-bond donors (Lipinski definition) is 3. The lowest BCUT2D eigenvalue weighted by molar-refractivity contribution is -0.154. The van der Waals surface area contributed by atoms with Gasteiger partial charge in [0.2, 0.25) is 12.3 Å². The summed E-state index contributed by atoms with van der Waals surface area (Å²) in [5.41, 5.74) is 6.43. The molecule has 0 saturated carbocycles. The molecule has 2 amide bonds. The molecule has 134 valence electrons. The zero-order valence-electron chi connectivity index (χ0n) is 14.2. The van der Waals surface area contributed by atoms with Crippen molar-refractivity contribution in [3.05, 3.63) is 24.3 Å². The lowest BCUT2D eigenvalue weighted by atomic mass is 9.97. The Kier molecular flexibility index (Phi) is 6.58. The van der Waals surface area contributed by atoms with Gasteiger partial charge in [-0.3, -0.25) is 25.6 Å². The number of nitrogens with zero attached hydrogens (tertiary/aromatic N) is 4. The Balaban J connectivity index is 1.98. The van der Waals surface area contributed by atoms with Crippen LogP contribution in [-0.4, -0.2) is 44.3 Å². The first-order valence-electron chi connectivity index (χ1n) is 8.05. The van der Waals surface area contributed by atoms with Crippen LogP contribution in [0.4, 0.5) is 5.95 Å². The summed E-state index contributed by atoms with van der Waals surface area (Å²) in [5.74, 6) is -0.359. The summed E-state index contributed by atoms with van der Waals surface area (Å²) in [5, 5.41) is 17.7. The molecule has 1 unspecified atom stereocenters. The Morgan fingerprint density at radius 2 is 1.96 bits per heavy atom. The fraction of sp³-hybridized carbons (Fsp3) is 0.438. The number of hydrogen-bond acceptors (Lipinski definition) is 7. The van der Waals surface area contributed by atoms with Gasteiger partial charge in [-0.1, -0.05) is 32.4 Å². The second-order valence-corrected chi connectivity index (χ2v) is 6.13. The number of amides is 2. The Bertz CT molecular complexity index is 724. The van der Waals surface area contributed by atoms with Crippen LogP contribution in [0.3, 0.4) is 0 Å². The van der Waals surface area contributed by atoms with Gasteiger partial charge in [-0.25, -0.2) is 10.0 Å². The number of hydroxylamine groups is 2. The minimum absolute atomic E-state index is 0.0828. The molecule has 2 rings (SSSR count). The monoisotopic (exact) mass is 346 g/mol. The normalized spacial score (nSPS) is 12.0. The van der Waals surface area contributed by atoms with E-state index in [4.69, 9.17) is 0 Å². The molecule has 1 atom stereocenters. The van der Waals surface area contributed by atoms with E-state index in [2.05, 4.69) is 26.0 Å². The molecule has 1 heterocycles. The predicted molar refractivity (Wildman–Crippen MR) is 91.2 cm³/mol. The molecule has 0 radical (unpaired) electrons. The third kappa shape index (κ3) is 5.64. The van der Waals surface area contributed by atoms with Crippen molar-refractivity contribution in [1.29, 1.82) is 0 Å². The Labute approximate surface area is 145 Å². The van der Waals surface area contributed by atoms with E-state index in [1.54, 1.807) is 12.1 Å². The zero-order chi connectivity index (χ0) is 18.2. The molecular formula is C16H22N6O3. The first kappa shape index (κ1) is 18.5. The molecule has 0 spiro atoms. The van der Waals surface area contributed by atoms with Crippen molar-refractivity contribution in [3.63, 3.8) is 0 Å². The molecule has 0 aliphatic rings. The van der Waals surface area contributed by atoms with E-state index < -0.39 is 5.92 Å². The smallest absolute Gasteiger partial charge is 0.262 e. The van der Waals surface area contributed by atoms with Crippen molar-refractivity contribution in [1.82, 2.24) is 25.7 Å². The van der Waals surface area contributed by atoms with Crippen LogP contribution >= 0.6 is 0 Å². The van der Waals surface area contributed by atoms with Crippen molar-refractivity contribution >= 4 is 29.3 Å². The summed E-state index contributed by atoms with van der Waals surface area (Å²) in [6.45, 7) is 4.00. The number of aromatic nitrogens is 3. The fourth-order valence-electron chi connectivity index (χ4n) is 2.26. The molecule has 0 saturated heterocycles. The maximum absolute atomic E-state index is 12.3. The molecule has 1 aromatic carbocycles. The molecule has 0 aliphatic heterocycles. The third-order valence-electron chi connectivity index (χ3n) is 3.65. The summed E-state index contributed by atoms with van der Waals surface area (Å²) < 4.78 is 0. The van der Waals surface area contributed by atoms with Gasteiger partial charge in [0.25, 0.3) is 5.95 Å². The Morgan fingerprint density at radius 1 is 1.24 bits per heavy atom. The van der Waals surface area contributed by atoms with Crippen molar-refractivity contribution in [2.45, 2.75) is 26.7 Å². The minimum atomic E-state index is -0.557. The number of nitrogens with one attached hydrogen (secondary N) is 2. The van der Waals surface area contributed by atoms with Crippen molar-refractivity contribution in [2.75, 3.05) is 12.0 Å². The molecule has 9 heteroatoms. The van der Waals surface area contributed by atoms with Gasteiger partial charge in [0, 0.05) is 0 Å². The van der Waals surface area contributed by atoms with E-state index in [0.29, 0.717) is 28.4 Å². The van der Waals surface area contributed by atoms with E-state index in [9.17, 15) is 14.8 Å². The quantitative estimate of drug-likeness (QED) is 0.356. The highest BCUT2D eigenvalue weighted by Crippen LogP contribution is 2.14. The van der Waals surface area contributed by atoms with Gasteiger partial charge < -0.3 is 0 Å². The molecule has 0 aliphatic carbocycles. The number of carbonyl (C=O) groups excluding carboxylic acids is 2. The maximum Gasteiger partial charge on any atom is 0.262 e. The van der Waals surface area contributed by atoms with Gasteiger partial charge in [-0.05, 0) is 24.5 Å². The largest absolute Gasteiger partial charge is 0.286 e. The van der Waals surface area contributed by atoms with Gasteiger partial charge in [0.1, 0.15) is 5.52 Å². The van der Waals surface area contributed by atoms with Crippen molar-refractivity contribution in [2.24, 2.45) is 11.8 Å². The zero-order valence-corrected chi connectivity index (χ0v) is 14.2. The van der Waals surface area contributed by atoms with Crippen molar-refractivity contribution < 1.29 is 14.8 Å². The topological polar surface area (TPSA) is 120 Å². The van der Waals surface area contributed by atoms with E-state index in [1.165, 1.54) is 0 Å². The molecule has 9 nitrogen and oxygen atoms in total. The second kappa shape index (κ2) is 8.88. The standard InChI is InChI=1S/C16H22N6O3/c1-11(2)7-8-12(9-22(25)10-23)15(24)19-21-16-17-13-5-3-4-6-14(13)18-20-16/h3-6,10-12,25H,7-9H2,1-2H3,(H,19,24)(H,17,20,21). The summed E-state index contributed by atoms with van der Waals surface area (Å²) in [7, 11) is 0. The molecule has 2 aromatic rings. The number of rotatable bonds is 9. The molecule has 3 N–H and O–H groups in total. The Morgan fingerprint density at radius 3 is 2.64 bits per heavy atom. The molecule has 0 bridgehead atoms. The molecule has 0 fully saturated rings. The van der Waals surface area contributed by atoms with E-state index in [1.807, 2.05) is 26.0 Å². The minimum Gasteiger partial charge on any atom is -0.286 e. The lowest BCUT2D eigenvalue weighted by Crippen LogP contribution is -2.40. The summed E-state index contributed by atoms with van der Waals surface area (Å²) in [6.07, 6.45) is 1.60. The van der Waals surface area contributed by atoms with Crippen LogP contribution in [0.5, 0.6) is 0 Å².